The Morgan fingerprint density at radius 3 is 3.06 bits per heavy atom. The summed E-state index contributed by atoms with van der Waals surface area (Å²) < 4.78 is 4.99. The van der Waals surface area contributed by atoms with Crippen molar-refractivity contribution in [3.8, 4) is 0 Å². The second-order valence-corrected chi connectivity index (χ2v) is 4.63. The Hall–Kier alpha value is -1.36. The van der Waals surface area contributed by atoms with Gasteiger partial charge in [-0.2, -0.15) is 0 Å². The van der Waals surface area contributed by atoms with Crippen LogP contribution in [0.15, 0.2) is 10.6 Å². The van der Waals surface area contributed by atoms with Crippen LogP contribution in [0.2, 0.25) is 0 Å². The van der Waals surface area contributed by atoms with Crippen LogP contribution in [0.4, 0.5) is 0 Å². The first-order valence-electron chi connectivity index (χ1n) is 6.07. The van der Waals surface area contributed by atoms with Crippen molar-refractivity contribution in [3.05, 3.63) is 17.5 Å². The molecule has 1 aliphatic heterocycles. The fourth-order valence-electron chi connectivity index (χ4n) is 2.14. The third-order valence-electron chi connectivity index (χ3n) is 3.06. The summed E-state index contributed by atoms with van der Waals surface area (Å²) in [6.45, 7) is 3.29. The van der Waals surface area contributed by atoms with Crippen LogP contribution in [-0.2, 0) is 11.3 Å². The maximum absolute atomic E-state index is 12.1. The Morgan fingerprint density at radius 1 is 1.65 bits per heavy atom. The molecule has 1 fully saturated rings. The van der Waals surface area contributed by atoms with Gasteiger partial charge in [0.15, 0.2) is 0 Å². The van der Waals surface area contributed by atoms with E-state index in [1.165, 1.54) is 0 Å². The first-order chi connectivity index (χ1) is 8.16. The van der Waals surface area contributed by atoms with E-state index in [4.69, 9.17) is 4.52 Å². The number of aryl methyl sites for hydroxylation is 1. The second-order valence-electron chi connectivity index (χ2n) is 4.63. The number of piperidine rings is 1. The van der Waals surface area contributed by atoms with E-state index >= 15 is 0 Å². The molecule has 1 atom stereocenters. The molecule has 1 N–H and O–H groups in total. The van der Waals surface area contributed by atoms with Crippen LogP contribution in [0.3, 0.4) is 0 Å². The lowest BCUT2D eigenvalue weighted by Crippen LogP contribution is -2.47. The summed E-state index contributed by atoms with van der Waals surface area (Å²) >= 11 is 0. The van der Waals surface area contributed by atoms with Crippen molar-refractivity contribution < 1.29 is 9.32 Å². The monoisotopic (exact) mass is 237 g/mol. The number of carbonyl (C=O) groups is 1. The molecule has 1 aromatic heterocycles. The zero-order chi connectivity index (χ0) is 12.3. The Morgan fingerprint density at radius 2 is 2.47 bits per heavy atom. The Bertz CT molecular complexity index is 383. The lowest BCUT2D eigenvalue weighted by atomic mass is 10.0. The van der Waals surface area contributed by atoms with Crippen molar-refractivity contribution in [2.75, 3.05) is 13.6 Å². The molecule has 2 heterocycles. The molecule has 2 rings (SSSR count). The Labute approximate surface area is 101 Å². The van der Waals surface area contributed by atoms with Crippen LogP contribution in [0.1, 0.15) is 30.7 Å². The first-order valence-corrected chi connectivity index (χ1v) is 6.07. The number of hydrogen-bond donors (Lipinski definition) is 1. The number of likely N-dealkylation sites (N-methyl/N-ethyl adjacent to an activating group) is 1. The molecule has 0 bridgehead atoms. The lowest BCUT2D eigenvalue weighted by Gasteiger charge is -2.26. The molecule has 17 heavy (non-hydrogen) atoms. The molecule has 1 unspecified atom stereocenters. The van der Waals surface area contributed by atoms with Crippen LogP contribution in [-0.4, -0.2) is 35.6 Å². The maximum Gasteiger partial charge on any atom is 0.239 e. The van der Waals surface area contributed by atoms with Gasteiger partial charge in [-0.1, -0.05) is 11.6 Å². The van der Waals surface area contributed by atoms with Gasteiger partial charge in [0.05, 0.1) is 12.6 Å². The highest BCUT2D eigenvalue weighted by Crippen LogP contribution is 2.11. The molecule has 0 spiro atoms. The average Bonchev–Trinajstić information content (AvgIpc) is 2.75. The summed E-state index contributed by atoms with van der Waals surface area (Å²) in [5, 5.41) is 7.15. The normalized spacial score (nSPS) is 20.2. The van der Waals surface area contributed by atoms with Crippen LogP contribution < -0.4 is 5.32 Å². The fourth-order valence-corrected chi connectivity index (χ4v) is 2.14. The third kappa shape index (κ3) is 3.06. The number of nitrogens with one attached hydrogen (secondary N) is 1. The minimum atomic E-state index is -0.0262. The van der Waals surface area contributed by atoms with E-state index in [0.717, 1.165) is 37.3 Å². The number of rotatable bonds is 3. The van der Waals surface area contributed by atoms with Gasteiger partial charge in [-0.3, -0.25) is 4.79 Å². The predicted octanol–water partition coefficient (Wildman–Crippen LogP) is 1.08. The molecule has 94 valence electrons. The minimum Gasteiger partial charge on any atom is -0.361 e. The highest BCUT2D eigenvalue weighted by molar-refractivity contribution is 5.81. The zero-order valence-corrected chi connectivity index (χ0v) is 10.4. The molecule has 5 nitrogen and oxygen atoms in total. The zero-order valence-electron chi connectivity index (χ0n) is 10.4. The number of aromatic nitrogens is 1. The van der Waals surface area contributed by atoms with Gasteiger partial charge in [-0.05, 0) is 26.3 Å². The standard InChI is InChI=1S/C12H19N3O2/c1-9-7-10(14-17-9)8-15(2)12(16)11-5-3-4-6-13-11/h7,11,13H,3-6,8H2,1-2H3. The topological polar surface area (TPSA) is 58.4 Å². The van der Waals surface area contributed by atoms with Gasteiger partial charge in [-0.25, -0.2) is 0 Å². The molecular formula is C12H19N3O2. The summed E-state index contributed by atoms with van der Waals surface area (Å²) in [5.41, 5.74) is 0.800. The largest absolute Gasteiger partial charge is 0.361 e. The molecule has 1 aromatic rings. The molecule has 0 aromatic carbocycles. The van der Waals surface area contributed by atoms with Gasteiger partial charge in [-0.15, -0.1) is 0 Å². The van der Waals surface area contributed by atoms with Gasteiger partial charge < -0.3 is 14.7 Å². The van der Waals surface area contributed by atoms with Crippen LogP contribution in [0, 0.1) is 6.92 Å². The predicted molar refractivity (Wildman–Crippen MR) is 63.4 cm³/mol. The van der Waals surface area contributed by atoms with Gasteiger partial charge in [0.25, 0.3) is 0 Å². The summed E-state index contributed by atoms with van der Waals surface area (Å²) in [5.74, 6) is 0.919. The van der Waals surface area contributed by atoms with E-state index in [9.17, 15) is 4.79 Å². The van der Waals surface area contributed by atoms with E-state index in [-0.39, 0.29) is 11.9 Å². The molecular weight excluding hydrogens is 218 g/mol. The quantitative estimate of drug-likeness (QED) is 0.854. The molecule has 0 radical (unpaired) electrons. The highest BCUT2D eigenvalue weighted by Gasteiger charge is 2.23. The minimum absolute atomic E-state index is 0.0262. The van der Waals surface area contributed by atoms with Crippen molar-refractivity contribution in [3.63, 3.8) is 0 Å². The smallest absolute Gasteiger partial charge is 0.239 e. The molecule has 0 saturated carbocycles. The van der Waals surface area contributed by atoms with E-state index in [0.29, 0.717) is 6.54 Å². The first kappa shape index (κ1) is 12.1. The number of nitrogens with zero attached hydrogens (tertiary/aromatic N) is 2. The highest BCUT2D eigenvalue weighted by atomic mass is 16.5. The molecule has 1 amide bonds. The third-order valence-corrected chi connectivity index (χ3v) is 3.06. The summed E-state index contributed by atoms with van der Waals surface area (Å²) in [7, 11) is 1.81. The van der Waals surface area contributed by atoms with Crippen molar-refractivity contribution in [2.45, 2.75) is 38.8 Å². The Balaban J connectivity index is 1.90. The van der Waals surface area contributed by atoms with Gasteiger partial charge >= 0.3 is 0 Å². The summed E-state index contributed by atoms with van der Waals surface area (Å²) in [4.78, 5) is 13.8. The lowest BCUT2D eigenvalue weighted by molar-refractivity contribution is -0.133. The summed E-state index contributed by atoms with van der Waals surface area (Å²) in [6.07, 6.45) is 3.22. The fraction of sp³-hybridized carbons (Fsp3) is 0.667. The van der Waals surface area contributed by atoms with E-state index < -0.39 is 0 Å². The van der Waals surface area contributed by atoms with E-state index in [1.54, 1.807) is 4.90 Å². The SMILES string of the molecule is Cc1cc(CN(C)C(=O)C2CCCCN2)no1. The van der Waals surface area contributed by atoms with Crippen molar-refractivity contribution >= 4 is 5.91 Å². The molecule has 1 aliphatic rings. The van der Waals surface area contributed by atoms with Crippen molar-refractivity contribution in [2.24, 2.45) is 0 Å². The van der Waals surface area contributed by atoms with Gasteiger partial charge in [0, 0.05) is 13.1 Å². The molecule has 5 heteroatoms. The van der Waals surface area contributed by atoms with Gasteiger partial charge in [0.2, 0.25) is 5.91 Å². The Kier molecular flexibility index (Phi) is 3.78. The average molecular weight is 237 g/mol. The van der Waals surface area contributed by atoms with Crippen molar-refractivity contribution in [1.29, 1.82) is 0 Å². The number of carbonyl (C=O) groups excluding carboxylic acids is 1. The number of hydrogen-bond acceptors (Lipinski definition) is 4. The van der Waals surface area contributed by atoms with Crippen LogP contribution in [0.5, 0.6) is 0 Å². The maximum atomic E-state index is 12.1. The van der Waals surface area contributed by atoms with Crippen LogP contribution >= 0.6 is 0 Å². The second kappa shape index (κ2) is 5.31. The number of amides is 1. The van der Waals surface area contributed by atoms with E-state index in [1.807, 2.05) is 20.0 Å². The van der Waals surface area contributed by atoms with Crippen LogP contribution in [0.25, 0.3) is 0 Å². The van der Waals surface area contributed by atoms with E-state index in [2.05, 4.69) is 10.5 Å². The molecule has 1 saturated heterocycles. The summed E-state index contributed by atoms with van der Waals surface area (Å²) in [6, 6.07) is 1.83. The molecule has 0 aliphatic carbocycles. The van der Waals surface area contributed by atoms with Crippen molar-refractivity contribution in [1.82, 2.24) is 15.4 Å². The van der Waals surface area contributed by atoms with Gasteiger partial charge in [0.1, 0.15) is 11.5 Å².